The quantitative estimate of drug-likeness (QED) is 0.822. The van der Waals surface area contributed by atoms with E-state index < -0.39 is 17.4 Å². The lowest BCUT2D eigenvalue weighted by Crippen LogP contribution is -2.22. The predicted octanol–water partition coefficient (Wildman–Crippen LogP) is 4.53. The van der Waals surface area contributed by atoms with Crippen LogP contribution in [0.5, 0.6) is 11.5 Å². The van der Waals surface area contributed by atoms with Crippen LogP contribution in [0.1, 0.15) is 20.8 Å². The second-order valence-electron chi connectivity index (χ2n) is 6.13. The number of aromatic hydroxyl groups is 1. The molecule has 0 aromatic heterocycles. The molecule has 0 unspecified atom stereocenters. The van der Waals surface area contributed by atoms with E-state index in [4.69, 9.17) is 9.47 Å². The van der Waals surface area contributed by atoms with Crippen molar-refractivity contribution in [3.63, 3.8) is 0 Å². The van der Waals surface area contributed by atoms with Crippen LogP contribution in [0, 0.1) is 11.6 Å². The van der Waals surface area contributed by atoms with Crippen molar-refractivity contribution in [3.8, 4) is 22.6 Å². The lowest BCUT2D eigenvalue weighted by Gasteiger charge is -2.19. The van der Waals surface area contributed by atoms with Crippen LogP contribution < -0.4 is 4.74 Å². The maximum Gasteiger partial charge on any atom is 0.190 e. The van der Waals surface area contributed by atoms with E-state index in [1.54, 1.807) is 12.1 Å². The van der Waals surface area contributed by atoms with Gasteiger partial charge in [0, 0.05) is 0 Å². The highest BCUT2D eigenvalue weighted by Crippen LogP contribution is 2.29. The molecule has 0 aliphatic heterocycles. The number of ether oxygens (including phenoxy) is 2. The zero-order chi connectivity index (χ0) is 17.0. The fourth-order valence-electron chi connectivity index (χ4n) is 2.01. The van der Waals surface area contributed by atoms with Gasteiger partial charge in [-0.05, 0) is 56.2 Å². The molecule has 0 atom stereocenters. The first-order chi connectivity index (χ1) is 10.8. The molecule has 23 heavy (non-hydrogen) atoms. The summed E-state index contributed by atoms with van der Waals surface area (Å²) in [5.41, 5.74) is 0.643. The molecule has 0 aliphatic rings. The second-order valence-corrected chi connectivity index (χ2v) is 6.13. The van der Waals surface area contributed by atoms with Gasteiger partial charge in [-0.25, -0.2) is 8.78 Å². The highest BCUT2D eigenvalue weighted by atomic mass is 19.1. The van der Waals surface area contributed by atoms with Gasteiger partial charge in [0.15, 0.2) is 17.4 Å². The summed E-state index contributed by atoms with van der Waals surface area (Å²) in [5, 5.41) is 9.25. The molecule has 0 radical (unpaired) electrons. The molecule has 124 valence electrons. The summed E-state index contributed by atoms with van der Waals surface area (Å²) in [4.78, 5) is 0. The number of hydrogen-bond acceptors (Lipinski definition) is 3. The van der Waals surface area contributed by atoms with Gasteiger partial charge in [-0.15, -0.1) is 0 Å². The Bertz CT molecular complexity index is 638. The zero-order valence-corrected chi connectivity index (χ0v) is 13.4. The van der Waals surface area contributed by atoms with Crippen molar-refractivity contribution in [2.75, 3.05) is 13.2 Å². The van der Waals surface area contributed by atoms with Crippen LogP contribution in [-0.2, 0) is 4.74 Å². The molecule has 0 spiro atoms. The van der Waals surface area contributed by atoms with Crippen LogP contribution in [0.3, 0.4) is 0 Å². The van der Waals surface area contributed by atoms with Gasteiger partial charge in [0.2, 0.25) is 0 Å². The summed E-state index contributed by atoms with van der Waals surface area (Å²) < 4.78 is 38.8. The van der Waals surface area contributed by atoms with Gasteiger partial charge in [0.05, 0.1) is 12.2 Å². The molecule has 1 N–H and O–H groups in total. The molecule has 0 bridgehead atoms. The Kier molecular flexibility index (Phi) is 5.21. The number of phenolic OH excluding ortho intramolecular Hbond substituents is 1. The molecule has 0 fully saturated rings. The third kappa shape index (κ3) is 4.93. The number of benzene rings is 2. The molecule has 0 heterocycles. The minimum atomic E-state index is -0.774. The molecule has 3 nitrogen and oxygen atoms in total. The van der Waals surface area contributed by atoms with Crippen LogP contribution in [-0.4, -0.2) is 23.9 Å². The van der Waals surface area contributed by atoms with Gasteiger partial charge in [-0.1, -0.05) is 12.1 Å². The Balaban J connectivity index is 2.10. The molecule has 5 heteroatoms. The molecule has 2 aromatic carbocycles. The third-order valence-electron chi connectivity index (χ3n) is 3.06. The van der Waals surface area contributed by atoms with Crippen molar-refractivity contribution in [1.82, 2.24) is 0 Å². The summed E-state index contributed by atoms with van der Waals surface area (Å²) >= 11 is 0. The Morgan fingerprint density at radius 2 is 1.48 bits per heavy atom. The largest absolute Gasteiger partial charge is 0.508 e. The Labute approximate surface area is 134 Å². The Morgan fingerprint density at radius 3 is 2.00 bits per heavy atom. The first-order valence-electron chi connectivity index (χ1n) is 7.31. The molecule has 0 aliphatic carbocycles. The minimum Gasteiger partial charge on any atom is -0.508 e. The first-order valence-corrected chi connectivity index (χ1v) is 7.31. The summed E-state index contributed by atoms with van der Waals surface area (Å²) in [6.45, 7) is 5.97. The van der Waals surface area contributed by atoms with Crippen molar-refractivity contribution in [2.45, 2.75) is 26.4 Å². The van der Waals surface area contributed by atoms with E-state index >= 15 is 0 Å². The molecule has 0 amide bonds. The van der Waals surface area contributed by atoms with Crippen molar-refractivity contribution in [1.29, 1.82) is 0 Å². The maximum atomic E-state index is 14.1. The summed E-state index contributed by atoms with van der Waals surface area (Å²) in [7, 11) is 0. The van der Waals surface area contributed by atoms with Gasteiger partial charge in [0.25, 0.3) is 0 Å². The van der Waals surface area contributed by atoms with E-state index in [1.807, 2.05) is 20.8 Å². The van der Waals surface area contributed by atoms with Crippen LogP contribution in [0.25, 0.3) is 11.1 Å². The molecule has 0 saturated carbocycles. The van der Waals surface area contributed by atoms with Gasteiger partial charge in [-0.2, -0.15) is 0 Å². The molecular formula is C18H20F2O3. The van der Waals surface area contributed by atoms with Crippen LogP contribution >= 0.6 is 0 Å². The number of phenols is 1. The van der Waals surface area contributed by atoms with Gasteiger partial charge < -0.3 is 14.6 Å². The van der Waals surface area contributed by atoms with Crippen molar-refractivity contribution in [2.24, 2.45) is 0 Å². The van der Waals surface area contributed by atoms with E-state index in [0.717, 1.165) is 0 Å². The predicted molar refractivity (Wildman–Crippen MR) is 84.7 cm³/mol. The standard InChI is InChI=1S/C18H20F2O3/c1-18(2,3)23-9-8-22-17-15(19)10-13(11-16(17)20)12-4-6-14(21)7-5-12/h4-7,10-11,21H,8-9H2,1-3H3. The Morgan fingerprint density at radius 1 is 0.913 bits per heavy atom. The normalized spacial score (nSPS) is 11.5. The fraction of sp³-hybridized carbons (Fsp3) is 0.333. The van der Waals surface area contributed by atoms with E-state index in [0.29, 0.717) is 11.1 Å². The van der Waals surface area contributed by atoms with Gasteiger partial charge in [0.1, 0.15) is 12.4 Å². The first kappa shape index (κ1) is 17.2. The number of halogens is 2. The van der Waals surface area contributed by atoms with E-state index in [-0.39, 0.29) is 24.6 Å². The summed E-state index contributed by atoms with van der Waals surface area (Å²) in [5.74, 6) is -1.87. The summed E-state index contributed by atoms with van der Waals surface area (Å²) in [6, 6.07) is 8.49. The van der Waals surface area contributed by atoms with E-state index in [9.17, 15) is 13.9 Å². The topological polar surface area (TPSA) is 38.7 Å². The van der Waals surface area contributed by atoms with E-state index in [2.05, 4.69) is 0 Å². The minimum absolute atomic E-state index is 0.0592. The maximum absolute atomic E-state index is 14.1. The van der Waals surface area contributed by atoms with Crippen molar-refractivity contribution >= 4 is 0 Å². The van der Waals surface area contributed by atoms with E-state index in [1.165, 1.54) is 24.3 Å². The highest BCUT2D eigenvalue weighted by molar-refractivity contribution is 5.65. The third-order valence-corrected chi connectivity index (χ3v) is 3.06. The van der Waals surface area contributed by atoms with Crippen LogP contribution in [0.2, 0.25) is 0 Å². The summed E-state index contributed by atoms with van der Waals surface area (Å²) in [6.07, 6.45) is 0. The van der Waals surface area contributed by atoms with Crippen LogP contribution in [0.15, 0.2) is 36.4 Å². The number of hydrogen-bond donors (Lipinski definition) is 1. The Hall–Kier alpha value is -2.14. The zero-order valence-electron chi connectivity index (χ0n) is 13.4. The lowest BCUT2D eigenvalue weighted by molar-refractivity contribution is -0.0170. The average Bonchev–Trinajstić information content (AvgIpc) is 2.45. The lowest BCUT2D eigenvalue weighted by atomic mass is 10.0. The molecule has 0 saturated heterocycles. The highest BCUT2D eigenvalue weighted by Gasteiger charge is 2.15. The van der Waals surface area contributed by atoms with Gasteiger partial charge >= 0.3 is 0 Å². The van der Waals surface area contributed by atoms with Gasteiger partial charge in [-0.3, -0.25) is 0 Å². The second kappa shape index (κ2) is 6.96. The number of rotatable bonds is 5. The van der Waals surface area contributed by atoms with Crippen LogP contribution in [0.4, 0.5) is 8.78 Å². The molecule has 2 aromatic rings. The SMILES string of the molecule is CC(C)(C)OCCOc1c(F)cc(-c2ccc(O)cc2)cc1F. The smallest absolute Gasteiger partial charge is 0.190 e. The fourth-order valence-corrected chi connectivity index (χ4v) is 2.01. The van der Waals surface area contributed by atoms with Crippen molar-refractivity contribution in [3.05, 3.63) is 48.0 Å². The van der Waals surface area contributed by atoms with Crippen molar-refractivity contribution < 1.29 is 23.4 Å². The monoisotopic (exact) mass is 322 g/mol. The molecular weight excluding hydrogens is 302 g/mol. The molecule has 2 rings (SSSR count). The average molecular weight is 322 g/mol.